The van der Waals surface area contributed by atoms with E-state index in [4.69, 9.17) is 0 Å². The van der Waals surface area contributed by atoms with Crippen LogP contribution >= 0.6 is 11.3 Å². The first-order valence-corrected chi connectivity index (χ1v) is 9.00. The zero-order valence-corrected chi connectivity index (χ0v) is 13.6. The van der Waals surface area contributed by atoms with Crippen molar-refractivity contribution >= 4 is 28.3 Å². The van der Waals surface area contributed by atoms with Crippen molar-refractivity contribution in [3.63, 3.8) is 0 Å². The normalized spacial score (nSPS) is 27.9. The molecule has 5 nitrogen and oxygen atoms in total. The van der Waals surface area contributed by atoms with Crippen molar-refractivity contribution in [3.05, 3.63) is 10.6 Å². The third-order valence-electron chi connectivity index (χ3n) is 4.93. The van der Waals surface area contributed by atoms with Gasteiger partial charge in [-0.15, -0.1) is 11.3 Å². The summed E-state index contributed by atoms with van der Waals surface area (Å²) in [6.45, 7) is 2.84. The molecule has 2 heterocycles. The number of carbonyl (C=O) groups is 2. The van der Waals surface area contributed by atoms with Gasteiger partial charge < -0.3 is 10.2 Å². The number of rotatable bonds is 3. The Hall–Kier alpha value is -1.43. The Bertz CT molecular complexity index is 623. The first kappa shape index (κ1) is 14.2. The van der Waals surface area contributed by atoms with Crippen molar-refractivity contribution in [1.29, 1.82) is 0 Å². The molecule has 1 saturated carbocycles. The number of nitrogens with one attached hydrogen (secondary N) is 1. The van der Waals surface area contributed by atoms with E-state index >= 15 is 0 Å². The maximum Gasteiger partial charge on any atom is 0.231 e. The zero-order valence-electron chi connectivity index (χ0n) is 12.8. The number of amides is 2. The monoisotopic (exact) mass is 319 g/mol. The van der Waals surface area contributed by atoms with E-state index in [9.17, 15) is 9.59 Å². The molecule has 4 rings (SSSR count). The molecule has 2 amide bonds. The third kappa shape index (κ3) is 2.64. The van der Waals surface area contributed by atoms with E-state index in [1.807, 2.05) is 4.90 Å². The number of carbonyl (C=O) groups excluding carboxylic acids is 2. The highest BCUT2D eigenvalue weighted by atomic mass is 32.1. The average Bonchev–Trinajstić information content (AvgIpc) is 3.13. The van der Waals surface area contributed by atoms with E-state index in [1.54, 1.807) is 11.3 Å². The van der Waals surface area contributed by atoms with E-state index in [0.29, 0.717) is 30.1 Å². The van der Waals surface area contributed by atoms with Crippen LogP contribution in [0.3, 0.4) is 0 Å². The molecule has 1 saturated heterocycles. The van der Waals surface area contributed by atoms with Crippen molar-refractivity contribution in [3.8, 4) is 0 Å². The van der Waals surface area contributed by atoms with Crippen LogP contribution in [0.4, 0.5) is 5.13 Å². The summed E-state index contributed by atoms with van der Waals surface area (Å²) < 4.78 is 0. The summed E-state index contributed by atoms with van der Waals surface area (Å²) >= 11 is 1.60. The molecule has 6 heteroatoms. The molecule has 0 radical (unpaired) electrons. The highest BCUT2D eigenvalue weighted by Crippen LogP contribution is 2.34. The molecule has 1 aromatic rings. The Morgan fingerprint density at radius 3 is 2.91 bits per heavy atom. The third-order valence-corrected chi connectivity index (χ3v) is 5.97. The minimum atomic E-state index is -0.215. The molecule has 3 aliphatic rings. The second-order valence-corrected chi connectivity index (χ2v) is 7.99. The lowest BCUT2D eigenvalue weighted by Crippen LogP contribution is -2.29. The van der Waals surface area contributed by atoms with Crippen LogP contribution in [0.2, 0.25) is 0 Å². The van der Waals surface area contributed by atoms with Gasteiger partial charge in [-0.2, -0.15) is 0 Å². The maximum atomic E-state index is 12.4. The maximum absolute atomic E-state index is 12.4. The van der Waals surface area contributed by atoms with Crippen molar-refractivity contribution in [2.45, 2.75) is 51.5 Å². The number of nitrogens with zero attached hydrogens (tertiary/aromatic N) is 2. The standard InChI is InChI=1S/C16H21N3O2S/c1-9-2-5-12-13(6-9)22-16(17-12)18-15(21)10-7-14(20)19(8-10)11-3-4-11/h9-11H,2-8H2,1H3,(H,17,18,21)/t9-,10-/m0/s1. The van der Waals surface area contributed by atoms with Crippen molar-refractivity contribution in [2.24, 2.45) is 11.8 Å². The molecule has 22 heavy (non-hydrogen) atoms. The predicted molar refractivity (Wildman–Crippen MR) is 84.8 cm³/mol. The van der Waals surface area contributed by atoms with E-state index < -0.39 is 0 Å². The van der Waals surface area contributed by atoms with Gasteiger partial charge in [0, 0.05) is 23.9 Å². The molecule has 0 aromatic carbocycles. The quantitative estimate of drug-likeness (QED) is 0.929. The number of hydrogen-bond donors (Lipinski definition) is 1. The van der Waals surface area contributed by atoms with Gasteiger partial charge in [0.05, 0.1) is 11.6 Å². The van der Waals surface area contributed by atoms with Crippen molar-refractivity contribution in [2.75, 3.05) is 11.9 Å². The van der Waals surface area contributed by atoms with Gasteiger partial charge in [-0.1, -0.05) is 6.92 Å². The van der Waals surface area contributed by atoms with Crippen LogP contribution in [0.25, 0.3) is 0 Å². The van der Waals surface area contributed by atoms with Crippen LogP contribution in [0.5, 0.6) is 0 Å². The number of hydrogen-bond acceptors (Lipinski definition) is 4. The summed E-state index contributed by atoms with van der Waals surface area (Å²) in [5.74, 6) is 0.578. The summed E-state index contributed by atoms with van der Waals surface area (Å²) in [5.41, 5.74) is 1.15. The summed E-state index contributed by atoms with van der Waals surface area (Å²) in [4.78, 5) is 32.1. The fraction of sp³-hybridized carbons (Fsp3) is 0.688. The van der Waals surface area contributed by atoms with Crippen LogP contribution in [-0.2, 0) is 22.4 Å². The lowest BCUT2D eigenvalue weighted by atomic mass is 9.93. The Kier molecular flexibility index (Phi) is 3.44. The Balaban J connectivity index is 1.41. The molecule has 1 N–H and O–H groups in total. The minimum absolute atomic E-state index is 0.0457. The van der Waals surface area contributed by atoms with Gasteiger partial charge in [0.15, 0.2) is 5.13 Å². The smallest absolute Gasteiger partial charge is 0.231 e. The molecule has 0 bridgehead atoms. The number of anilines is 1. The van der Waals surface area contributed by atoms with Crippen molar-refractivity contribution < 1.29 is 9.59 Å². The van der Waals surface area contributed by atoms with Gasteiger partial charge in [-0.25, -0.2) is 4.98 Å². The van der Waals surface area contributed by atoms with Gasteiger partial charge >= 0.3 is 0 Å². The molecule has 1 aromatic heterocycles. The average molecular weight is 319 g/mol. The number of fused-ring (bicyclic) bond motifs is 1. The van der Waals surface area contributed by atoms with E-state index in [-0.39, 0.29) is 17.7 Å². The van der Waals surface area contributed by atoms with E-state index in [1.165, 1.54) is 11.3 Å². The first-order valence-electron chi connectivity index (χ1n) is 8.19. The topological polar surface area (TPSA) is 62.3 Å². The Labute approximate surface area is 134 Å². The van der Waals surface area contributed by atoms with Gasteiger partial charge in [-0.3, -0.25) is 9.59 Å². The summed E-state index contributed by atoms with van der Waals surface area (Å²) in [5, 5.41) is 3.66. The molecular weight excluding hydrogens is 298 g/mol. The van der Waals surface area contributed by atoms with Gasteiger partial charge in [0.1, 0.15) is 0 Å². The lowest BCUT2D eigenvalue weighted by molar-refractivity contribution is -0.128. The van der Waals surface area contributed by atoms with Gasteiger partial charge in [-0.05, 0) is 38.0 Å². The zero-order chi connectivity index (χ0) is 15.3. The molecule has 118 valence electrons. The van der Waals surface area contributed by atoms with Gasteiger partial charge in [0.25, 0.3) is 0 Å². The fourth-order valence-electron chi connectivity index (χ4n) is 3.45. The molecule has 2 aliphatic carbocycles. The number of likely N-dealkylation sites (tertiary alicyclic amines) is 1. The molecule has 0 unspecified atom stereocenters. The molecule has 1 aliphatic heterocycles. The molecule has 2 fully saturated rings. The summed E-state index contributed by atoms with van der Waals surface area (Å²) in [7, 11) is 0. The molecule has 0 spiro atoms. The largest absolute Gasteiger partial charge is 0.339 e. The number of aryl methyl sites for hydroxylation is 1. The van der Waals surface area contributed by atoms with Gasteiger partial charge in [0.2, 0.25) is 11.8 Å². The van der Waals surface area contributed by atoms with Crippen LogP contribution in [0, 0.1) is 11.8 Å². The van der Waals surface area contributed by atoms with Crippen LogP contribution < -0.4 is 5.32 Å². The fourth-order valence-corrected chi connectivity index (χ4v) is 4.62. The number of aromatic nitrogens is 1. The molecular formula is C16H21N3O2S. The van der Waals surface area contributed by atoms with E-state index in [2.05, 4.69) is 17.2 Å². The highest BCUT2D eigenvalue weighted by Gasteiger charge is 2.41. The van der Waals surface area contributed by atoms with Crippen LogP contribution in [-0.4, -0.2) is 34.3 Å². The highest BCUT2D eigenvalue weighted by molar-refractivity contribution is 7.15. The SMILES string of the molecule is C[C@H]1CCc2nc(NC(=O)[C@H]3CC(=O)N(C4CC4)C3)sc2C1. The minimum Gasteiger partial charge on any atom is -0.339 e. The second-order valence-electron chi connectivity index (χ2n) is 6.90. The second kappa shape index (κ2) is 5.33. The number of thiazole rings is 1. The van der Waals surface area contributed by atoms with Crippen LogP contribution in [0.15, 0.2) is 0 Å². The predicted octanol–water partition coefficient (Wildman–Crippen LogP) is 2.22. The Morgan fingerprint density at radius 1 is 1.32 bits per heavy atom. The van der Waals surface area contributed by atoms with Crippen LogP contribution in [0.1, 0.15) is 43.2 Å². The van der Waals surface area contributed by atoms with Crippen molar-refractivity contribution in [1.82, 2.24) is 9.88 Å². The summed E-state index contributed by atoms with van der Waals surface area (Å²) in [6.07, 6.45) is 5.80. The Morgan fingerprint density at radius 2 is 2.14 bits per heavy atom. The first-order chi connectivity index (χ1) is 10.6. The summed E-state index contributed by atoms with van der Waals surface area (Å²) in [6, 6.07) is 0.402. The molecule has 2 atom stereocenters. The lowest BCUT2D eigenvalue weighted by Gasteiger charge is -2.15. The van der Waals surface area contributed by atoms with E-state index in [0.717, 1.165) is 31.4 Å².